The molecule has 0 spiro atoms. The van der Waals surface area contributed by atoms with Crippen LogP contribution in [0.1, 0.15) is 24.6 Å². The van der Waals surface area contributed by atoms with Crippen molar-refractivity contribution in [3.05, 3.63) is 42.2 Å². The maximum Gasteiger partial charge on any atom is 0.206 e. The summed E-state index contributed by atoms with van der Waals surface area (Å²) in [5.74, 6) is 1.58. The molecule has 0 aliphatic carbocycles. The highest BCUT2D eigenvalue weighted by Gasteiger charge is 2.33. The van der Waals surface area contributed by atoms with E-state index < -0.39 is 0 Å². The Morgan fingerprint density at radius 3 is 2.69 bits per heavy atom. The minimum absolute atomic E-state index is 0.397. The number of benzene rings is 1. The van der Waals surface area contributed by atoms with Crippen LogP contribution in [0, 0.1) is 5.92 Å². The third-order valence-corrected chi connectivity index (χ3v) is 5.78. The van der Waals surface area contributed by atoms with Gasteiger partial charge in [0, 0.05) is 33.9 Å². The van der Waals surface area contributed by atoms with E-state index >= 15 is 0 Å². The van der Waals surface area contributed by atoms with E-state index in [1.54, 1.807) is 0 Å². The summed E-state index contributed by atoms with van der Waals surface area (Å²) < 4.78 is 4.22. The monoisotopic (exact) mass is 352 g/mol. The van der Waals surface area contributed by atoms with Gasteiger partial charge in [0.2, 0.25) is 5.95 Å². The number of hydrogen-bond donors (Lipinski definition) is 0. The van der Waals surface area contributed by atoms with Crippen molar-refractivity contribution in [3.63, 3.8) is 0 Å². The van der Waals surface area contributed by atoms with Crippen LogP contribution >= 0.6 is 0 Å². The minimum atomic E-state index is 0.397. The Bertz CT molecular complexity index is 895. The number of anilines is 1. The molecule has 2 aromatic heterocycles. The molecule has 1 fully saturated rings. The third-order valence-electron chi connectivity index (χ3n) is 5.78. The quantitative estimate of drug-likeness (QED) is 0.724. The first-order valence-corrected chi connectivity index (χ1v) is 9.37. The molecular weight excluding hydrogens is 324 g/mol. The van der Waals surface area contributed by atoms with E-state index in [2.05, 4.69) is 64.9 Å². The summed E-state index contributed by atoms with van der Waals surface area (Å²) in [6.45, 7) is 2.12. The Morgan fingerprint density at radius 2 is 1.96 bits per heavy atom. The van der Waals surface area contributed by atoms with Crippen molar-refractivity contribution in [2.75, 3.05) is 32.1 Å². The Labute approximate surface area is 155 Å². The van der Waals surface area contributed by atoms with E-state index in [0.717, 1.165) is 24.6 Å². The van der Waals surface area contributed by atoms with Gasteiger partial charge in [-0.05, 0) is 50.6 Å². The molecular formula is C20H28N6. The van der Waals surface area contributed by atoms with Crippen LogP contribution in [0.15, 0.2) is 36.5 Å². The number of fused-ring (bicyclic) bond motifs is 1. The summed E-state index contributed by atoms with van der Waals surface area (Å²) in [6, 6.07) is 10.9. The molecule has 1 saturated heterocycles. The lowest BCUT2D eigenvalue weighted by Gasteiger charge is -2.40. The van der Waals surface area contributed by atoms with Gasteiger partial charge in [0.05, 0.1) is 22.8 Å². The fraction of sp³-hybridized carbons (Fsp3) is 0.500. The predicted molar refractivity (Wildman–Crippen MR) is 105 cm³/mol. The molecule has 0 saturated carbocycles. The highest BCUT2D eigenvalue weighted by atomic mass is 15.3. The number of rotatable bonds is 4. The van der Waals surface area contributed by atoms with Crippen LogP contribution in [-0.4, -0.2) is 51.4 Å². The highest BCUT2D eigenvalue weighted by Crippen LogP contribution is 2.35. The van der Waals surface area contributed by atoms with E-state index in [1.165, 1.54) is 24.1 Å². The SMILES string of the molecule is CN(C[C@@H]1CCCN(C)[C@H]1c1ccnn1C)c1nc2ccccc2n1C. The molecule has 4 rings (SSSR count). The van der Waals surface area contributed by atoms with E-state index in [9.17, 15) is 0 Å². The normalized spacial score (nSPS) is 21.4. The first-order valence-electron chi connectivity index (χ1n) is 9.37. The molecule has 138 valence electrons. The predicted octanol–water partition coefficient (Wildman–Crippen LogP) is 2.83. The van der Waals surface area contributed by atoms with Crippen LogP contribution in [0.3, 0.4) is 0 Å². The van der Waals surface area contributed by atoms with Crippen LogP contribution in [0.2, 0.25) is 0 Å². The first kappa shape index (κ1) is 17.1. The molecule has 0 bridgehead atoms. The van der Waals surface area contributed by atoms with Gasteiger partial charge in [-0.3, -0.25) is 9.58 Å². The van der Waals surface area contributed by atoms with Crippen molar-refractivity contribution >= 4 is 17.0 Å². The third kappa shape index (κ3) is 2.88. The van der Waals surface area contributed by atoms with Gasteiger partial charge < -0.3 is 9.47 Å². The van der Waals surface area contributed by atoms with Gasteiger partial charge >= 0.3 is 0 Å². The number of aromatic nitrogens is 4. The average Bonchev–Trinajstić information content (AvgIpc) is 3.19. The van der Waals surface area contributed by atoms with Crippen LogP contribution < -0.4 is 4.90 Å². The lowest BCUT2D eigenvalue weighted by atomic mass is 9.87. The fourth-order valence-corrected chi connectivity index (χ4v) is 4.50. The lowest BCUT2D eigenvalue weighted by Crippen LogP contribution is -2.42. The molecule has 0 unspecified atom stereocenters. The molecule has 6 heteroatoms. The number of nitrogens with zero attached hydrogens (tertiary/aromatic N) is 6. The number of imidazole rings is 1. The van der Waals surface area contributed by atoms with E-state index in [1.807, 2.05) is 24.0 Å². The Morgan fingerprint density at radius 1 is 1.15 bits per heavy atom. The Balaban J connectivity index is 1.61. The molecule has 0 amide bonds. The van der Waals surface area contributed by atoms with Crippen molar-refractivity contribution in [1.82, 2.24) is 24.2 Å². The van der Waals surface area contributed by atoms with E-state index in [0.29, 0.717) is 12.0 Å². The molecule has 6 nitrogen and oxygen atoms in total. The molecule has 2 atom stereocenters. The standard InChI is InChI=1S/C20H28N6/c1-23-13-7-8-15(19(23)18-11-12-21-26(18)4)14-24(2)20-22-16-9-5-6-10-17(16)25(20)3/h5-6,9-12,15,19H,7-8,13-14H2,1-4H3/t15-,19+/m0/s1. The Hall–Kier alpha value is -2.34. The van der Waals surface area contributed by atoms with Crippen molar-refractivity contribution in [3.8, 4) is 0 Å². The van der Waals surface area contributed by atoms with Crippen LogP contribution in [0.5, 0.6) is 0 Å². The van der Waals surface area contributed by atoms with Crippen LogP contribution in [0.4, 0.5) is 5.95 Å². The molecule has 1 aliphatic rings. The first-order chi connectivity index (χ1) is 12.6. The number of likely N-dealkylation sites (tertiary alicyclic amines) is 1. The van der Waals surface area contributed by atoms with Crippen molar-refractivity contribution in [2.24, 2.45) is 20.0 Å². The van der Waals surface area contributed by atoms with Crippen molar-refractivity contribution < 1.29 is 0 Å². The second kappa shape index (κ2) is 6.76. The second-order valence-corrected chi connectivity index (χ2v) is 7.55. The van der Waals surface area contributed by atoms with Crippen LogP contribution in [0.25, 0.3) is 11.0 Å². The summed E-state index contributed by atoms with van der Waals surface area (Å²) in [4.78, 5) is 9.65. The van der Waals surface area contributed by atoms with Gasteiger partial charge in [-0.25, -0.2) is 4.98 Å². The fourth-order valence-electron chi connectivity index (χ4n) is 4.50. The zero-order valence-electron chi connectivity index (χ0n) is 16.1. The van der Waals surface area contributed by atoms with Gasteiger partial charge in [0.1, 0.15) is 0 Å². The van der Waals surface area contributed by atoms with Gasteiger partial charge in [-0.1, -0.05) is 12.1 Å². The number of piperidine rings is 1. The summed E-state index contributed by atoms with van der Waals surface area (Å²) in [6.07, 6.45) is 4.38. The van der Waals surface area contributed by atoms with E-state index in [-0.39, 0.29) is 0 Å². The zero-order valence-corrected chi connectivity index (χ0v) is 16.1. The number of hydrogen-bond acceptors (Lipinski definition) is 4. The summed E-state index contributed by atoms with van der Waals surface area (Å²) >= 11 is 0. The number of para-hydroxylation sites is 2. The molecule has 1 aromatic carbocycles. The molecule has 0 radical (unpaired) electrons. The number of aryl methyl sites for hydroxylation is 2. The molecule has 0 N–H and O–H groups in total. The van der Waals surface area contributed by atoms with Crippen molar-refractivity contribution in [2.45, 2.75) is 18.9 Å². The topological polar surface area (TPSA) is 42.1 Å². The largest absolute Gasteiger partial charge is 0.345 e. The zero-order chi connectivity index (χ0) is 18.3. The smallest absolute Gasteiger partial charge is 0.206 e. The molecule has 3 aromatic rings. The summed E-state index contributed by atoms with van der Waals surface area (Å²) in [7, 11) is 8.55. The molecule has 1 aliphatic heterocycles. The molecule has 3 heterocycles. The summed E-state index contributed by atoms with van der Waals surface area (Å²) in [5.41, 5.74) is 3.54. The van der Waals surface area contributed by atoms with Gasteiger partial charge in [0.15, 0.2) is 0 Å². The van der Waals surface area contributed by atoms with Gasteiger partial charge in [-0.15, -0.1) is 0 Å². The van der Waals surface area contributed by atoms with Gasteiger partial charge in [0.25, 0.3) is 0 Å². The summed E-state index contributed by atoms with van der Waals surface area (Å²) in [5, 5.41) is 4.40. The highest BCUT2D eigenvalue weighted by molar-refractivity contribution is 5.78. The second-order valence-electron chi connectivity index (χ2n) is 7.55. The maximum atomic E-state index is 4.86. The molecule has 26 heavy (non-hydrogen) atoms. The average molecular weight is 352 g/mol. The lowest BCUT2D eigenvalue weighted by molar-refractivity contribution is 0.117. The maximum absolute atomic E-state index is 4.86. The van der Waals surface area contributed by atoms with Gasteiger partial charge in [-0.2, -0.15) is 5.10 Å². The van der Waals surface area contributed by atoms with E-state index in [4.69, 9.17) is 4.98 Å². The Kier molecular flexibility index (Phi) is 4.44. The minimum Gasteiger partial charge on any atom is -0.345 e. The van der Waals surface area contributed by atoms with Crippen molar-refractivity contribution in [1.29, 1.82) is 0 Å². The van der Waals surface area contributed by atoms with Crippen LogP contribution in [-0.2, 0) is 14.1 Å².